The minimum atomic E-state index is -4.13. The largest absolute Gasteiger partial charge is 0.475 e. The molecule has 0 radical (unpaired) electrons. The van der Waals surface area contributed by atoms with E-state index in [1.807, 2.05) is 13.1 Å². The third-order valence-electron chi connectivity index (χ3n) is 8.18. The van der Waals surface area contributed by atoms with Crippen LogP contribution in [-0.2, 0) is 82.3 Å². The van der Waals surface area contributed by atoms with Crippen molar-refractivity contribution in [1.82, 2.24) is 0 Å². The monoisotopic (exact) mass is 952 g/mol. The molecule has 8 aliphatic rings. The third-order valence-corrected chi connectivity index (χ3v) is 90.4. The van der Waals surface area contributed by atoms with Crippen molar-refractivity contribution in [3.8, 4) is 0 Å². The Morgan fingerprint density at radius 3 is 0.408 bits per heavy atom. The summed E-state index contributed by atoms with van der Waals surface area (Å²) in [5.41, 5.74) is 0. The fourth-order valence-corrected chi connectivity index (χ4v) is 121. The summed E-state index contributed by atoms with van der Waals surface area (Å²) in [6.07, 6.45) is 0. The lowest BCUT2D eigenvalue weighted by Crippen LogP contribution is -2.86. The van der Waals surface area contributed by atoms with E-state index in [0.29, 0.717) is 0 Å². The SMILES string of the molecule is C[Si]12O[Si]3(C)O[Si]4(C)O[Si]5(C)O[Si](C)(O1)O[Si]1(C)O[Si](C)(O2)O[Si](C)(O3)O[Si]2(C)O[Si](C)(O4)O[Si]3(C)O[Si](C)(O5)O[Si](C)(O1)[SiH2][Si](C)(O2)O3. The lowest BCUT2D eigenvalue weighted by molar-refractivity contribution is 0.00411. The lowest BCUT2D eigenvalue weighted by Gasteiger charge is -2.60. The Kier molecular flexibility index (Phi) is 8.36. The van der Waals surface area contributed by atoms with Crippen LogP contribution in [0.5, 0.6) is 0 Å². The summed E-state index contributed by atoms with van der Waals surface area (Å²) >= 11 is 0. The standard InChI is InChI=1S/C14H44O20Si15/c1-36-15-37(2)18-40(5)22-39(4,17-36)26-45(10)28-43(8)21-38(3,16-36)20-42(7)23-41(6,19-37)25-44(9,24-40)31-48(13)33-46(11,27-42)30-47(12,29-43)34-49(14,32-45)35-48/h35H2,1-14H3. The van der Waals surface area contributed by atoms with Crippen molar-refractivity contribution in [1.29, 1.82) is 0 Å². The molecule has 14 atom stereocenters. The molecule has 35 heteroatoms. The summed E-state index contributed by atoms with van der Waals surface area (Å²) in [6, 6.07) is 0. The van der Waals surface area contributed by atoms with E-state index in [0.717, 1.165) is 0 Å². The van der Waals surface area contributed by atoms with E-state index in [1.54, 1.807) is 78.6 Å². The normalized spacial score (nSPS) is 66.5. The van der Waals surface area contributed by atoms with Crippen molar-refractivity contribution < 1.29 is 82.3 Å². The number of fused-ring (bicyclic) bond motifs is 6. The maximum Gasteiger partial charge on any atom is 0.475 e. The summed E-state index contributed by atoms with van der Waals surface area (Å²) in [5, 5.41) is 0. The molecule has 0 aliphatic carbocycles. The zero-order valence-corrected chi connectivity index (χ0v) is 45.3. The van der Waals surface area contributed by atoms with Crippen LogP contribution in [0.3, 0.4) is 0 Å². The zero-order valence-electron chi connectivity index (χ0n) is 29.9. The molecule has 0 N–H and O–H groups in total. The maximum atomic E-state index is 7.19. The number of hydrogen-bond donors (Lipinski definition) is 0. The quantitative estimate of drug-likeness (QED) is 0.307. The van der Waals surface area contributed by atoms with Crippen LogP contribution < -0.4 is 0 Å². The van der Waals surface area contributed by atoms with Gasteiger partial charge >= 0.3 is 106 Å². The van der Waals surface area contributed by atoms with E-state index in [2.05, 4.69) is 0 Å². The molecule has 8 heterocycles. The Bertz CT molecular complexity index is 1280. The predicted octanol–water partition coefficient (Wildman–Crippen LogP) is 0.558. The molecule has 0 aromatic heterocycles. The maximum absolute atomic E-state index is 7.19. The van der Waals surface area contributed by atoms with Gasteiger partial charge in [0.05, 0.1) is 0 Å². The van der Waals surface area contributed by atoms with Gasteiger partial charge in [0.2, 0.25) is 0 Å². The molecular weight excluding hydrogens is 909 g/mol. The van der Waals surface area contributed by atoms with E-state index in [-0.39, 0.29) is 0 Å². The number of hydrogen-bond acceptors (Lipinski definition) is 20. The molecule has 0 aromatic carbocycles. The summed E-state index contributed by atoms with van der Waals surface area (Å²) in [6.45, 7) is 24.8. The smallest absolute Gasteiger partial charge is 0.397 e. The first-order valence-corrected chi connectivity index (χ1v) is 51.9. The van der Waals surface area contributed by atoms with Gasteiger partial charge in [0.15, 0.2) is 0 Å². The summed E-state index contributed by atoms with van der Waals surface area (Å²) in [5.74, 6) is 0. The van der Waals surface area contributed by atoms with Gasteiger partial charge in [-0.15, -0.1) is 0 Å². The van der Waals surface area contributed by atoms with E-state index in [9.17, 15) is 0 Å². The first-order chi connectivity index (χ1) is 21.8. The van der Waals surface area contributed by atoms with Crippen LogP contribution in [0.15, 0.2) is 0 Å². The first kappa shape index (κ1) is 38.3. The van der Waals surface area contributed by atoms with Crippen molar-refractivity contribution >= 4 is 130 Å². The molecule has 20 nitrogen and oxygen atoms in total. The summed E-state index contributed by atoms with van der Waals surface area (Å²) < 4.78 is 140. The highest BCUT2D eigenvalue weighted by Gasteiger charge is 2.79. The van der Waals surface area contributed by atoms with E-state index >= 15 is 0 Å². The first-order valence-electron chi connectivity index (χ1n) is 15.9. The molecule has 0 aromatic rings. The molecule has 14 unspecified atom stereocenters. The number of rotatable bonds is 0. The highest BCUT2D eigenvalue weighted by atomic mass is 29.6. The van der Waals surface area contributed by atoms with Crippen LogP contribution >= 0.6 is 0 Å². The molecule has 14 bridgehead atoms. The van der Waals surface area contributed by atoms with Gasteiger partial charge in [-0.25, -0.2) is 0 Å². The van der Waals surface area contributed by atoms with Crippen LogP contribution in [0.2, 0.25) is 91.7 Å². The van der Waals surface area contributed by atoms with E-state index in [1.165, 1.54) is 0 Å². The Balaban J connectivity index is 1.52. The summed E-state index contributed by atoms with van der Waals surface area (Å²) in [4.78, 5) is 0. The molecule has 49 heavy (non-hydrogen) atoms. The molecule has 8 aliphatic heterocycles. The highest BCUT2D eigenvalue weighted by Crippen LogP contribution is 2.49. The average Bonchev–Trinajstić information content (AvgIpc) is 2.65. The Morgan fingerprint density at radius 2 is 0.286 bits per heavy atom. The fraction of sp³-hybridized carbons (Fsp3) is 1.00. The Hall–Kier alpha value is 2.45. The molecule has 280 valence electrons. The average molecular weight is 954 g/mol. The zero-order chi connectivity index (χ0) is 35.8. The van der Waals surface area contributed by atoms with Gasteiger partial charge in [-0.3, -0.25) is 0 Å². The third kappa shape index (κ3) is 7.18. The Labute approximate surface area is 302 Å². The van der Waals surface area contributed by atoms with Crippen molar-refractivity contribution in [3.05, 3.63) is 0 Å². The fourth-order valence-electron chi connectivity index (χ4n) is 8.48. The van der Waals surface area contributed by atoms with Crippen LogP contribution in [0.1, 0.15) is 0 Å². The molecule has 0 saturated carbocycles. The predicted molar refractivity (Wildman–Crippen MR) is 193 cm³/mol. The van der Waals surface area contributed by atoms with Gasteiger partial charge in [0, 0.05) is 78.6 Å². The van der Waals surface area contributed by atoms with Crippen molar-refractivity contribution in [2.45, 2.75) is 91.7 Å². The molecule has 8 fully saturated rings. The molecule has 0 amide bonds. The van der Waals surface area contributed by atoms with Gasteiger partial charge in [-0.1, -0.05) is 0 Å². The van der Waals surface area contributed by atoms with Crippen LogP contribution in [0, 0.1) is 0 Å². The van der Waals surface area contributed by atoms with Gasteiger partial charge in [0.1, 0.15) is 8.55 Å². The highest BCUT2D eigenvalue weighted by molar-refractivity contribution is 7.49. The van der Waals surface area contributed by atoms with Crippen molar-refractivity contribution in [2.24, 2.45) is 0 Å². The van der Waals surface area contributed by atoms with Gasteiger partial charge in [0.25, 0.3) is 16.2 Å². The van der Waals surface area contributed by atoms with Gasteiger partial charge in [-0.05, 0) is 13.1 Å². The topological polar surface area (TPSA) is 185 Å². The second-order valence-corrected chi connectivity index (χ2v) is 68.7. The molecular formula is C14H44O20Si15. The van der Waals surface area contributed by atoms with Crippen LogP contribution in [0.25, 0.3) is 0 Å². The second-order valence-electron chi connectivity index (χ2n) is 14.8. The van der Waals surface area contributed by atoms with E-state index < -0.39 is 130 Å². The second kappa shape index (κ2) is 10.7. The minimum absolute atomic E-state index is 1.65. The van der Waals surface area contributed by atoms with Crippen LogP contribution in [0.4, 0.5) is 0 Å². The minimum Gasteiger partial charge on any atom is -0.397 e. The van der Waals surface area contributed by atoms with Gasteiger partial charge in [-0.2, -0.15) is 0 Å². The molecule has 8 rings (SSSR count). The van der Waals surface area contributed by atoms with Crippen molar-refractivity contribution in [2.75, 3.05) is 0 Å². The van der Waals surface area contributed by atoms with Crippen molar-refractivity contribution in [3.63, 3.8) is 0 Å². The molecule has 8 saturated heterocycles. The summed E-state index contributed by atoms with van der Waals surface area (Å²) in [7, 11) is -56.3. The van der Waals surface area contributed by atoms with Crippen LogP contribution in [-0.4, -0.2) is 130 Å². The lowest BCUT2D eigenvalue weighted by atomic mass is 11.9. The Morgan fingerprint density at radius 1 is 0.184 bits per heavy atom. The molecule has 0 spiro atoms. The van der Waals surface area contributed by atoms with Gasteiger partial charge < -0.3 is 82.3 Å². The van der Waals surface area contributed by atoms with E-state index in [4.69, 9.17) is 82.3 Å².